The molecule has 0 amide bonds. The van der Waals surface area contributed by atoms with Crippen molar-refractivity contribution in [3.05, 3.63) is 29.3 Å². The molecule has 4 rings (SSSR count). The summed E-state index contributed by atoms with van der Waals surface area (Å²) in [5, 5.41) is 11.6. The summed E-state index contributed by atoms with van der Waals surface area (Å²) in [6, 6.07) is 4.59. The highest BCUT2D eigenvalue weighted by molar-refractivity contribution is 7.39. The van der Waals surface area contributed by atoms with Gasteiger partial charge in [0, 0.05) is 11.4 Å². The smallest absolute Gasteiger partial charge is 0.422 e. The zero-order valence-electron chi connectivity index (χ0n) is 20.6. The number of aromatic nitrogens is 3. The van der Waals surface area contributed by atoms with E-state index in [-0.39, 0.29) is 36.5 Å². The number of aryl methyl sites for hydroxylation is 1. The fourth-order valence-corrected chi connectivity index (χ4v) is 4.82. The summed E-state index contributed by atoms with van der Waals surface area (Å²) in [6.07, 6.45) is -4.09. The predicted octanol–water partition coefficient (Wildman–Crippen LogP) is 5.34. The Kier molecular flexibility index (Phi) is 7.37. The van der Waals surface area contributed by atoms with Crippen LogP contribution in [0.3, 0.4) is 0 Å². The average molecular weight is 546 g/mol. The van der Waals surface area contributed by atoms with E-state index < -0.39 is 39.1 Å². The Balaban J connectivity index is 1.60. The SMILES string of the molecule is Cc1cc(-c2nnc(NC3CC(CF)(OP(O)O)C3)o2)nc2c(C(C)(C)C)cc(OCC(F)(F)F)cc12. The van der Waals surface area contributed by atoms with Gasteiger partial charge in [0.2, 0.25) is 0 Å². The second kappa shape index (κ2) is 9.94. The molecule has 0 atom stereocenters. The standard InChI is InChI=1S/C23H27F4N4O5P/c1-12-5-17(19-30-31-20(35-19)28-13-8-22(9-13,10-24)36-37(32)33)29-18-15(12)6-14(34-11-23(25,26)27)7-16(18)21(2,3)4/h5-7,13,32-33H,8-11H2,1-4H3,(H,28,31). The number of nitrogens with one attached hydrogen (secondary N) is 1. The molecule has 1 aliphatic rings. The molecule has 0 saturated heterocycles. The number of hydrogen-bond acceptors (Lipinski definition) is 9. The van der Waals surface area contributed by atoms with Gasteiger partial charge >= 0.3 is 20.8 Å². The maximum absolute atomic E-state index is 13.3. The topological polar surface area (TPSA) is 123 Å². The van der Waals surface area contributed by atoms with Gasteiger partial charge in [-0.05, 0) is 54.5 Å². The van der Waals surface area contributed by atoms with Crippen LogP contribution >= 0.6 is 8.60 Å². The van der Waals surface area contributed by atoms with Crippen molar-refractivity contribution in [1.29, 1.82) is 0 Å². The Morgan fingerprint density at radius 1 is 1.16 bits per heavy atom. The molecule has 0 unspecified atom stereocenters. The maximum atomic E-state index is 13.3. The van der Waals surface area contributed by atoms with Crippen LogP contribution < -0.4 is 10.1 Å². The van der Waals surface area contributed by atoms with Crippen LogP contribution in [0.4, 0.5) is 23.6 Å². The molecule has 2 aromatic heterocycles. The number of anilines is 1. The van der Waals surface area contributed by atoms with E-state index in [1.165, 1.54) is 6.07 Å². The summed E-state index contributed by atoms with van der Waals surface area (Å²) < 4.78 is 67.1. The van der Waals surface area contributed by atoms with Gasteiger partial charge in [-0.1, -0.05) is 25.9 Å². The van der Waals surface area contributed by atoms with Crippen LogP contribution in [0, 0.1) is 6.92 Å². The van der Waals surface area contributed by atoms with Crippen LogP contribution in [0.1, 0.15) is 44.7 Å². The lowest BCUT2D eigenvalue weighted by molar-refractivity contribution is -0.153. The summed E-state index contributed by atoms with van der Waals surface area (Å²) >= 11 is 0. The number of pyridine rings is 1. The van der Waals surface area contributed by atoms with E-state index in [2.05, 4.69) is 15.5 Å². The van der Waals surface area contributed by atoms with E-state index >= 15 is 0 Å². The van der Waals surface area contributed by atoms with E-state index in [4.69, 9.17) is 28.4 Å². The molecule has 202 valence electrons. The lowest BCUT2D eigenvalue weighted by Gasteiger charge is -2.44. The van der Waals surface area contributed by atoms with Crippen molar-refractivity contribution < 1.29 is 41.0 Å². The molecule has 14 heteroatoms. The Labute approximate surface area is 211 Å². The summed E-state index contributed by atoms with van der Waals surface area (Å²) in [7, 11) is -2.68. The predicted molar refractivity (Wildman–Crippen MR) is 128 cm³/mol. The molecule has 2 heterocycles. The molecule has 1 saturated carbocycles. The third kappa shape index (κ3) is 6.28. The molecule has 0 aliphatic heterocycles. The maximum Gasteiger partial charge on any atom is 0.422 e. The zero-order chi connectivity index (χ0) is 27.2. The first-order valence-corrected chi connectivity index (χ1v) is 12.5. The quantitative estimate of drug-likeness (QED) is 0.254. The molecule has 1 fully saturated rings. The first-order chi connectivity index (χ1) is 17.2. The van der Waals surface area contributed by atoms with E-state index in [0.717, 1.165) is 5.56 Å². The van der Waals surface area contributed by atoms with Crippen molar-refractivity contribution in [2.45, 2.75) is 63.8 Å². The number of benzene rings is 1. The normalized spacial score (nSPS) is 20.4. The van der Waals surface area contributed by atoms with Crippen molar-refractivity contribution in [2.75, 3.05) is 18.6 Å². The van der Waals surface area contributed by atoms with Gasteiger partial charge in [-0.3, -0.25) is 0 Å². The Bertz CT molecular complexity index is 1270. The van der Waals surface area contributed by atoms with Gasteiger partial charge in [-0.25, -0.2) is 9.37 Å². The van der Waals surface area contributed by atoms with Crippen LogP contribution in [0.15, 0.2) is 22.6 Å². The summed E-state index contributed by atoms with van der Waals surface area (Å²) in [5.41, 5.74) is 0.649. The highest BCUT2D eigenvalue weighted by Crippen LogP contribution is 2.46. The lowest BCUT2D eigenvalue weighted by Crippen LogP contribution is -2.53. The molecular formula is C23H27F4N4O5P. The number of hydrogen-bond donors (Lipinski definition) is 3. The largest absolute Gasteiger partial charge is 0.484 e. The first kappa shape index (κ1) is 27.4. The molecule has 0 bridgehead atoms. The number of ether oxygens (including phenoxy) is 1. The molecule has 1 aliphatic carbocycles. The minimum Gasteiger partial charge on any atom is -0.484 e. The Hall–Kier alpha value is -2.60. The monoisotopic (exact) mass is 546 g/mol. The second-order valence-corrected chi connectivity index (χ2v) is 10.9. The number of halogens is 4. The minimum atomic E-state index is -4.46. The molecular weight excluding hydrogens is 519 g/mol. The van der Waals surface area contributed by atoms with E-state index in [1.54, 1.807) is 19.1 Å². The van der Waals surface area contributed by atoms with Gasteiger partial charge in [-0.2, -0.15) is 13.2 Å². The van der Waals surface area contributed by atoms with Crippen LogP contribution in [0.2, 0.25) is 0 Å². The average Bonchev–Trinajstić information content (AvgIpc) is 3.23. The van der Waals surface area contributed by atoms with E-state index in [0.29, 0.717) is 22.2 Å². The Morgan fingerprint density at radius 2 is 1.86 bits per heavy atom. The number of fused-ring (bicyclic) bond motifs is 1. The summed E-state index contributed by atoms with van der Waals surface area (Å²) in [5.74, 6) is 0.215. The van der Waals surface area contributed by atoms with Gasteiger partial charge in [0.05, 0.1) is 5.52 Å². The molecule has 3 aromatic rings. The number of alkyl halides is 4. The van der Waals surface area contributed by atoms with Crippen LogP contribution in [0.5, 0.6) is 5.75 Å². The third-order valence-electron chi connectivity index (χ3n) is 6.03. The number of rotatable bonds is 8. The van der Waals surface area contributed by atoms with Gasteiger partial charge < -0.3 is 28.8 Å². The van der Waals surface area contributed by atoms with Crippen molar-refractivity contribution in [3.63, 3.8) is 0 Å². The second-order valence-electron chi connectivity index (χ2n) is 10.2. The highest BCUT2D eigenvalue weighted by atomic mass is 31.2. The summed E-state index contributed by atoms with van der Waals surface area (Å²) in [4.78, 5) is 22.8. The molecule has 0 spiro atoms. The van der Waals surface area contributed by atoms with Crippen molar-refractivity contribution in [1.82, 2.24) is 15.2 Å². The number of nitrogens with zero attached hydrogens (tertiary/aromatic N) is 3. The molecule has 37 heavy (non-hydrogen) atoms. The fourth-order valence-electron chi connectivity index (χ4n) is 4.28. The summed E-state index contributed by atoms with van der Waals surface area (Å²) in [6.45, 7) is 5.30. The highest BCUT2D eigenvalue weighted by Gasteiger charge is 2.48. The van der Waals surface area contributed by atoms with Gasteiger partial charge in [-0.15, -0.1) is 5.10 Å². The Morgan fingerprint density at radius 3 is 2.46 bits per heavy atom. The van der Waals surface area contributed by atoms with E-state index in [1.807, 2.05) is 20.8 Å². The lowest BCUT2D eigenvalue weighted by atomic mass is 9.77. The molecule has 3 N–H and O–H groups in total. The zero-order valence-corrected chi connectivity index (χ0v) is 21.5. The van der Waals surface area contributed by atoms with Crippen LogP contribution in [-0.2, 0) is 9.94 Å². The van der Waals surface area contributed by atoms with E-state index in [9.17, 15) is 17.6 Å². The van der Waals surface area contributed by atoms with Gasteiger partial charge in [0.25, 0.3) is 5.89 Å². The minimum absolute atomic E-state index is 0.0780. The molecule has 1 aromatic carbocycles. The first-order valence-electron chi connectivity index (χ1n) is 11.4. The van der Waals surface area contributed by atoms with Crippen molar-refractivity contribution in [3.8, 4) is 17.3 Å². The van der Waals surface area contributed by atoms with Crippen molar-refractivity contribution >= 4 is 25.5 Å². The van der Waals surface area contributed by atoms with Crippen LogP contribution in [-0.4, -0.2) is 56.1 Å². The fraction of sp³-hybridized carbons (Fsp3) is 0.522. The van der Waals surface area contributed by atoms with Crippen LogP contribution in [0.25, 0.3) is 22.5 Å². The third-order valence-corrected chi connectivity index (χ3v) is 6.58. The molecule has 9 nitrogen and oxygen atoms in total. The van der Waals surface area contributed by atoms with Gasteiger partial charge in [0.15, 0.2) is 6.61 Å². The van der Waals surface area contributed by atoms with Crippen molar-refractivity contribution in [2.24, 2.45) is 0 Å². The molecule has 0 radical (unpaired) electrons. The van der Waals surface area contributed by atoms with Gasteiger partial charge in [0.1, 0.15) is 23.7 Å².